The Bertz CT molecular complexity index is 5820. The fourth-order valence-electron chi connectivity index (χ4n) is 15.7. The Hall–Kier alpha value is -11.3. The molecule has 822 valence electrons. The van der Waals surface area contributed by atoms with Gasteiger partial charge in [0.05, 0.1) is 17.6 Å². The van der Waals surface area contributed by atoms with Gasteiger partial charge in [-0.2, -0.15) is 12.9 Å². The van der Waals surface area contributed by atoms with Crippen LogP contribution >= 0.6 is 46.9 Å². The number of hydrogen-bond donors (Lipinski definition) is 5. The van der Waals surface area contributed by atoms with Gasteiger partial charge in [-0.1, -0.05) is 105 Å². The van der Waals surface area contributed by atoms with Crippen LogP contribution in [0.4, 0.5) is 19.2 Å². The number of nitrogens with zero attached hydrogens (tertiary/aromatic N) is 12. The van der Waals surface area contributed by atoms with Crippen LogP contribution in [0.25, 0.3) is 0 Å². The highest BCUT2D eigenvalue weighted by atomic mass is 35.5. The lowest BCUT2D eigenvalue weighted by Crippen LogP contribution is -2.57. The summed E-state index contributed by atoms with van der Waals surface area (Å²) in [5.74, 6) is -3.49. The molecule has 0 spiro atoms. The molecule has 48 heteroatoms. The number of esters is 2. The van der Waals surface area contributed by atoms with Gasteiger partial charge in [0.2, 0.25) is 59.6 Å². The number of aliphatic carboxylic acids is 1. The molecule has 6 aliphatic rings. The zero-order valence-corrected chi connectivity index (χ0v) is 91.3. The number of piperazine rings is 3. The maximum Gasteiger partial charge on any atom is 0.415 e. The van der Waals surface area contributed by atoms with E-state index in [1.807, 2.05) is 13.8 Å². The van der Waals surface area contributed by atoms with Crippen LogP contribution in [0.3, 0.4) is 0 Å². The number of thioether (sulfide) groups is 3. The predicted molar refractivity (Wildman–Crippen MR) is 567 cm³/mol. The Morgan fingerprint density at radius 2 is 0.664 bits per heavy atom. The normalized spacial score (nSPS) is 18.2. The molecule has 0 bridgehead atoms. The van der Waals surface area contributed by atoms with Crippen LogP contribution in [-0.2, 0) is 102 Å². The van der Waals surface area contributed by atoms with Crippen molar-refractivity contribution in [1.82, 2.24) is 73.2 Å². The van der Waals surface area contributed by atoms with E-state index in [9.17, 15) is 87.9 Å². The summed E-state index contributed by atoms with van der Waals surface area (Å²) in [6.07, 6.45) is 13.6. The number of carboxylic acids is 1. The first-order valence-electron chi connectivity index (χ1n) is 48.2. The summed E-state index contributed by atoms with van der Waals surface area (Å²) in [5, 5.41) is 24.3. The SMILES string of the molecule is C.C.CC(C)(C)OC(=O)[C@H](Cc1ccc(OC(=O)N2CCN(C(=O)Cl)CC2)cc1)NC(=O)[C@H]1N(S(=O)(=O)c2cccnc2)CSC1(C)C.CCCC.CCCCC(=O)N1CCN(C(=O)Oc2ccc(C[C@H](NC(=O)[C@H]3N(S(=O)(=O)c4cccnc4)CSC3(C)C)C(=O)O)cc2)CC1.CCCCC(=O)N1CCN(C(=O)Oc2ccc(C[C@H](NC(=O)[C@H]3N(S(=O)(=O)c4cccnc4)CSC3(C)C)C(=O)OC(C)(C)C)cc2)CC1.O=CO. The zero-order valence-electron chi connectivity index (χ0n) is 85.7. The van der Waals surface area contributed by atoms with E-state index in [2.05, 4.69) is 44.7 Å². The van der Waals surface area contributed by atoms with E-state index in [0.29, 0.717) is 101 Å². The van der Waals surface area contributed by atoms with Gasteiger partial charge >= 0.3 is 41.6 Å². The molecule has 0 saturated carbocycles. The summed E-state index contributed by atoms with van der Waals surface area (Å²) in [6.45, 7) is 33.5. The van der Waals surface area contributed by atoms with Gasteiger partial charge in [-0.3, -0.25) is 48.5 Å². The number of hydrogen-bond acceptors (Lipinski definition) is 30. The minimum absolute atomic E-state index is 0. The third-order valence-corrected chi connectivity index (χ3v) is 34.1. The van der Waals surface area contributed by atoms with E-state index >= 15 is 0 Å². The molecule has 6 saturated heterocycles. The van der Waals surface area contributed by atoms with Crippen LogP contribution in [0.15, 0.2) is 161 Å². The predicted octanol–water partition coefficient (Wildman–Crippen LogP) is 12.6. The Morgan fingerprint density at radius 3 is 0.893 bits per heavy atom. The number of carbonyl (C=O) groups excluding carboxylic acids is 11. The molecule has 41 nitrogen and oxygen atoms in total. The number of nitrogens with one attached hydrogen (secondary N) is 3. The second kappa shape index (κ2) is 57.2. The van der Waals surface area contributed by atoms with Crippen molar-refractivity contribution >= 4 is 155 Å². The molecular weight excluding hydrogens is 2070 g/mol. The molecule has 149 heavy (non-hydrogen) atoms. The molecule has 12 rings (SSSR count). The van der Waals surface area contributed by atoms with Crippen molar-refractivity contribution in [3.63, 3.8) is 0 Å². The van der Waals surface area contributed by atoms with Crippen LogP contribution in [-0.4, -0.2) is 328 Å². The first-order chi connectivity index (χ1) is 69.1. The second-order valence-electron chi connectivity index (χ2n) is 38.6. The lowest BCUT2D eigenvalue weighted by atomic mass is 10.0. The number of carbonyl (C=O) groups is 13. The molecule has 0 radical (unpaired) electrons. The maximum atomic E-state index is 13.9. The highest BCUT2D eigenvalue weighted by molar-refractivity contribution is 8.02. The highest BCUT2D eigenvalue weighted by Gasteiger charge is 2.55. The molecule has 3 aromatic heterocycles. The Balaban J connectivity index is 0.000000328. The number of aromatic nitrogens is 3. The van der Waals surface area contributed by atoms with Crippen molar-refractivity contribution in [3.8, 4) is 17.2 Å². The molecule has 6 atom stereocenters. The Morgan fingerprint density at radius 1 is 0.416 bits per heavy atom. The lowest BCUT2D eigenvalue weighted by molar-refractivity contribution is -0.159. The molecule has 9 amide bonds. The van der Waals surface area contributed by atoms with Crippen molar-refractivity contribution in [1.29, 1.82) is 0 Å². The van der Waals surface area contributed by atoms with Crippen LogP contribution in [0.2, 0.25) is 0 Å². The van der Waals surface area contributed by atoms with E-state index in [4.69, 9.17) is 45.2 Å². The summed E-state index contributed by atoms with van der Waals surface area (Å²) in [6, 6.07) is 21.0. The van der Waals surface area contributed by atoms with Crippen LogP contribution in [0.1, 0.15) is 194 Å². The second-order valence-corrected chi connectivity index (χ2v) is 49.4. The molecule has 6 fully saturated rings. The quantitative estimate of drug-likeness (QED) is 0.0117. The van der Waals surface area contributed by atoms with Crippen LogP contribution in [0, 0.1) is 0 Å². The molecule has 6 aromatic rings. The minimum Gasteiger partial charge on any atom is -0.483 e. The molecule has 0 unspecified atom stereocenters. The number of rotatable bonds is 31. The average Bonchev–Trinajstić information content (AvgIpc) is 1.61. The molecule has 6 aliphatic heterocycles. The largest absolute Gasteiger partial charge is 0.483 e. The number of halogens is 1. The topological polar surface area (TPSA) is 515 Å². The van der Waals surface area contributed by atoms with Crippen molar-refractivity contribution in [2.45, 2.75) is 273 Å². The van der Waals surface area contributed by atoms with Gasteiger partial charge in [0.25, 0.3) is 6.47 Å². The van der Waals surface area contributed by atoms with Crippen molar-refractivity contribution in [2.24, 2.45) is 0 Å². The van der Waals surface area contributed by atoms with E-state index < -0.39 is 151 Å². The summed E-state index contributed by atoms with van der Waals surface area (Å²) in [7, 11) is -12.2. The van der Waals surface area contributed by atoms with E-state index in [0.717, 1.165) is 38.6 Å². The maximum absolute atomic E-state index is 13.9. The number of sulfonamides is 3. The van der Waals surface area contributed by atoms with Crippen molar-refractivity contribution < 1.29 is 121 Å². The summed E-state index contributed by atoms with van der Waals surface area (Å²) >= 11 is 9.43. The Labute approximate surface area is 892 Å². The van der Waals surface area contributed by atoms with Crippen LogP contribution < -0.4 is 30.2 Å². The van der Waals surface area contributed by atoms with Gasteiger partial charge in [-0.15, -0.1) is 35.3 Å². The molecule has 5 N–H and O–H groups in total. The number of unbranched alkanes of at least 4 members (excludes halogenated alkanes) is 3. The van der Waals surface area contributed by atoms with Crippen LogP contribution in [0.5, 0.6) is 17.2 Å². The summed E-state index contributed by atoms with van der Waals surface area (Å²) < 4.78 is 110. The Kier molecular flexibility index (Phi) is 48.5. The van der Waals surface area contributed by atoms with Gasteiger partial charge in [-0.25, -0.2) is 54.0 Å². The minimum atomic E-state index is -4.07. The van der Waals surface area contributed by atoms with Gasteiger partial charge < -0.3 is 79.2 Å². The van der Waals surface area contributed by atoms with Gasteiger partial charge in [0, 0.05) is 162 Å². The van der Waals surface area contributed by atoms with E-state index in [1.165, 1.54) is 149 Å². The molecule has 0 aliphatic carbocycles. The summed E-state index contributed by atoms with van der Waals surface area (Å²) in [5.41, 5.74) is 0.144. The number of benzene rings is 3. The van der Waals surface area contributed by atoms with E-state index in [1.54, 1.807) is 158 Å². The fourth-order valence-corrected chi connectivity index (χ4v) is 25.3. The first kappa shape index (κ1) is 126. The smallest absolute Gasteiger partial charge is 0.415 e. The number of pyridine rings is 3. The van der Waals surface area contributed by atoms with Gasteiger partial charge in [0.15, 0.2) is 0 Å². The number of amides is 9. The number of carboxylic acid groups (broad SMARTS) is 2. The van der Waals surface area contributed by atoms with Crippen molar-refractivity contribution in [3.05, 3.63) is 163 Å². The molecule has 9 heterocycles. The lowest BCUT2D eigenvalue weighted by Gasteiger charge is -2.34. The monoisotopic (exact) mass is 2210 g/mol. The third-order valence-electron chi connectivity index (χ3n) is 23.9. The first-order valence-corrected chi connectivity index (χ1v) is 55.8. The molecule has 3 aromatic carbocycles. The standard InChI is InChI=1S/C34H47N5O8S2.C30H38ClN5O8S2.C30H39N5O8S2.C4H10.CH2O2.2CH4/c1-7-8-11-28(40)37-17-19-38(20-18-37)32(43)46-25-14-12-24(13-15-25)21-27(31(42)47-33(2,3)4)36-30(41)29-34(5,6)48-23-39(29)49(44,45)26-10-9-16-35-22-26;1-29(2,3)44-26(38)23(17-20-8-10-21(11-9-20)43-28(40)35-15-13-34(14-16-35)27(31)39)33-25(37)24-30(4,5)45-19-36(24)46(41,42)22-7-6-12-32-18-22;1-4-5-8-25(36)33-14-16-34(17-15-33)29(40)43-22-11-9-21(10-12-22)18-24(28(38)39)32-27(37)26-30(2,3)44-20-35(26)45(41,42)23-7-6-13-31-19-23;1-3-4-2;2-1-3;;/h9-10,12-16,22,27,29H,7-8,11,17-21,23H2,1-6H3,(H,36,41);6-12,18,23-24H,13-17,19H2,1-5H3,(H,33,37);6-7,9-13,19,24,26H,4-5,8,14-18,20H2,1-3H3,(H,32,37)(H,38,39);3-4H2,1-2H3;1H,(H,2,3);2*1H4/t27-,29+;23-,24+;24-,26+;;;;/m000..../s1. The molecular formula is C101H144ClN15O26S6. The van der Waals surface area contributed by atoms with Gasteiger partial charge in [-0.05, 0) is 197 Å². The van der Waals surface area contributed by atoms with E-state index in [-0.39, 0.29) is 109 Å². The average molecular weight is 2210 g/mol. The third kappa shape index (κ3) is 36.8. The zero-order chi connectivity index (χ0) is 109. The summed E-state index contributed by atoms with van der Waals surface area (Å²) in [4.78, 5) is 184. The fraction of sp³-hybridized carbons (Fsp3) is 0.545. The number of ether oxygens (including phenoxy) is 5. The van der Waals surface area contributed by atoms with Gasteiger partial charge in [0.1, 0.15) is 79.4 Å². The van der Waals surface area contributed by atoms with Crippen molar-refractivity contribution in [2.75, 3.05) is 96.2 Å². The highest BCUT2D eigenvalue weighted by Crippen LogP contribution is 2.46.